The Morgan fingerprint density at radius 2 is 0.621 bits per heavy atom. The van der Waals surface area contributed by atoms with E-state index in [1.807, 2.05) is 0 Å². The molecule has 0 N–H and O–H groups in total. The van der Waals surface area contributed by atoms with Gasteiger partial charge in [0.2, 0.25) is 0 Å². The molecule has 0 radical (unpaired) electrons. The first-order chi connectivity index (χ1) is 32.6. The van der Waals surface area contributed by atoms with Crippen LogP contribution in [0.25, 0.3) is 111 Å². The monoisotopic (exact) mass is 842 g/mol. The van der Waals surface area contributed by atoms with Crippen LogP contribution >= 0.6 is 0 Å². The molecular formula is C64H46N2. The number of aryl methyl sites for hydroxylation is 2. The lowest BCUT2D eigenvalue weighted by Crippen LogP contribution is -2.02. The van der Waals surface area contributed by atoms with E-state index in [1.54, 1.807) is 0 Å². The molecule has 0 unspecified atom stereocenters. The summed E-state index contributed by atoms with van der Waals surface area (Å²) < 4.78 is 4.89. The van der Waals surface area contributed by atoms with Gasteiger partial charge in [-0.1, -0.05) is 199 Å². The molecule has 2 nitrogen and oxygen atoms in total. The average molecular weight is 843 g/mol. The molecule has 2 heterocycles. The summed E-state index contributed by atoms with van der Waals surface area (Å²) in [5.74, 6) is 0. The molecule has 0 fully saturated rings. The van der Waals surface area contributed by atoms with Crippen molar-refractivity contribution in [2.45, 2.75) is 13.8 Å². The minimum atomic E-state index is 1.11. The molecule has 0 atom stereocenters. The van der Waals surface area contributed by atoms with E-state index in [9.17, 15) is 0 Å². The SMILES string of the molecule is Cc1cc(C)cc(-c2c3ccc(-n4c(-c5ccccc5)ccc4-c4ccccc4)cc3c(-c3ccc4ccccc4c3)c3ccc(-n4c(-c5ccccc5)ccc4-c4ccccc4)cc23)c1. The second-order valence-electron chi connectivity index (χ2n) is 17.5. The van der Waals surface area contributed by atoms with Crippen molar-refractivity contribution < 1.29 is 0 Å². The summed E-state index contributed by atoms with van der Waals surface area (Å²) >= 11 is 0. The van der Waals surface area contributed by atoms with Gasteiger partial charge in [-0.15, -0.1) is 0 Å². The molecule has 0 aliphatic carbocycles. The molecule has 0 saturated carbocycles. The van der Waals surface area contributed by atoms with E-state index in [2.05, 4.69) is 266 Å². The lowest BCUT2D eigenvalue weighted by atomic mass is 9.84. The zero-order valence-corrected chi connectivity index (χ0v) is 37.0. The first-order valence-corrected chi connectivity index (χ1v) is 22.8. The topological polar surface area (TPSA) is 9.86 Å². The lowest BCUT2D eigenvalue weighted by Gasteiger charge is -2.22. The normalized spacial score (nSPS) is 11.5. The molecule has 0 aliphatic rings. The fourth-order valence-corrected chi connectivity index (χ4v) is 10.3. The van der Waals surface area contributed by atoms with Crippen molar-refractivity contribution in [3.8, 4) is 78.7 Å². The van der Waals surface area contributed by atoms with Crippen LogP contribution in [0.2, 0.25) is 0 Å². The third-order valence-electron chi connectivity index (χ3n) is 13.2. The summed E-state index contributed by atoms with van der Waals surface area (Å²) in [4.78, 5) is 0. The predicted octanol–water partition coefficient (Wildman–Crippen LogP) is 17.3. The number of aromatic nitrogens is 2. The van der Waals surface area contributed by atoms with Crippen molar-refractivity contribution >= 4 is 32.3 Å². The van der Waals surface area contributed by atoms with Gasteiger partial charge in [-0.25, -0.2) is 0 Å². The molecular weight excluding hydrogens is 797 g/mol. The van der Waals surface area contributed by atoms with Crippen LogP contribution in [0.15, 0.2) is 243 Å². The molecule has 0 bridgehead atoms. The second kappa shape index (κ2) is 16.3. The summed E-state index contributed by atoms with van der Waals surface area (Å²) in [5.41, 5.74) is 18.9. The Hall–Kier alpha value is -8.46. The van der Waals surface area contributed by atoms with Crippen LogP contribution in [-0.2, 0) is 0 Å². The molecule has 312 valence electrons. The van der Waals surface area contributed by atoms with Crippen molar-refractivity contribution in [2.75, 3.05) is 0 Å². The molecule has 66 heavy (non-hydrogen) atoms. The summed E-state index contributed by atoms with van der Waals surface area (Å²) in [6.45, 7) is 4.43. The van der Waals surface area contributed by atoms with Crippen LogP contribution in [0.1, 0.15) is 11.1 Å². The van der Waals surface area contributed by atoms with Crippen LogP contribution in [0.5, 0.6) is 0 Å². The molecule has 12 aromatic rings. The molecule has 12 rings (SSSR count). The standard InChI is InChI=1S/C64H46N2/c1-43-37-44(2)39-52(38-43)64-56-32-30-53(65-59(46-18-7-3-8-19-46)33-34-60(65)47-20-9-4-10-21-47)41-57(56)63(51-28-27-45-17-15-16-26-50(45)40-51)55-31-29-54(42-58(55)64)66-61(48-22-11-5-12-23-48)35-36-62(66)49-24-13-6-14-25-49/h3-42H,1-2H3. The Labute approximate surface area is 386 Å². The summed E-state index contributed by atoms with van der Waals surface area (Å²) in [7, 11) is 0. The van der Waals surface area contributed by atoms with Gasteiger partial charge in [0.15, 0.2) is 0 Å². The Morgan fingerprint density at radius 3 is 1.05 bits per heavy atom. The van der Waals surface area contributed by atoms with Gasteiger partial charge in [0.05, 0.1) is 22.8 Å². The summed E-state index contributed by atoms with van der Waals surface area (Å²) in [6.07, 6.45) is 0. The van der Waals surface area contributed by atoms with E-state index in [-0.39, 0.29) is 0 Å². The molecule has 2 heteroatoms. The third kappa shape index (κ3) is 6.83. The molecule has 2 aromatic heterocycles. The van der Waals surface area contributed by atoms with Crippen LogP contribution < -0.4 is 0 Å². The quantitative estimate of drug-likeness (QED) is 0.135. The van der Waals surface area contributed by atoms with Gasteiger partial charge >= 0.3 is 0 Å². The van der Waals surface area contributed by atoms with Gasteiger partial charge in [0.25, 0.3) is 0 Å². The van der Waals surface area contributed by atoms with Gasteiger partial charge in [0.1, 0.15) is 0 Å². The minimum Gasteiger partial charge on any atom is -0.309 e. The van der Waals surface area contributed by atoms with Gasteiger partial charge in [-0.05, 0) is 145 Å². The Balaban J connectivity index is 1.21. The van der Waals surface area contributed by atoms with Crippen LogP contribution in [0.4, 0.5) is 0 Å². The Morgan fingerprint density at radius 1 is 0.242 bits per heavy atom. The first-order valence-electron chi connectivity index (χ1n) is 22.8. The average Bonchev–Trinajstić information content (AvgIpc) is 4.02. The zero-order chi connectivity index (χ0) is 44.1. The van der Waals surface area contributed by atoms with E-state index in [1.165, 1.54) is 88.0 Å². The fourth-order valence-electron chi connectivity index (χ4n) is 10.3. The highest BCUT2D eigenvalue weighted by Crippen LogP contribution is 2.47. The number of hydrogen-bond acceptors (Lipinski definition) is 0. The Bertz CT molecular complexity index is 3610. The molecule has 0 saturated heterocycles. The number of rotatable bonds is 8. The number of fused-ring (bicyclic) bond motifs is 3. The van der Waals surface area contributed by atoms with Crippen LogP contribution in [0, 0.1) is 13.8 Å². The van der Waals surface area contributed by atoms with Crippen molar-refractivity contribution in [1.29, 1.82) is 0 Å². The maximum absolute atomic E-state index is 2.45. The van der Waals surface area contributed by atoms with E-state index >= 15 is 0 Å². The van der Waals surface area contributed by atoms with Gasteiger partial charge in [0, 0.05) is 11.4 Å². The predicted molar refractivity (Wildman–Crippen MR) is 280 cm³/mol. The highest BCUT2D eigenvalue weighted by Gasteiger charge is 2.22. The van der Waals surface area contributed by atoms with Crippen molar-refractivity contribution in [1.82, 2.24) is 9.13 Å². The van der Waals surface area contributed by atoms with E-state index in [0.29, 0.717) is 0 Å². The number of hydrogen-bond donors (Lipinski definition) is 0. The Kier molecular flexibility index (Phi) is 9.65. The molecule has 0 aliphatic heterocycles. The van der Waals surface area contributed by atoms with Gasteiger partial charge < -0.3 is 9.13 Å². The van der Waals surface area contributed by atoms with E-state index in [4.69, 9.17) is 0 Å². The summed E-state index contributed by atoms with van der Waals surface area (Å²) in [5, 5.41) is 7.29. The number of benzene rings is 10. The van der Waals surface area contributed by atoms with Crippen LogP contribution in [-0.4, -0.2) is 9.13 Å². The zero-order valence-electron chi connectivity index (χ0n) is 37.0. The maximum Gasteiger partial charge on any atom is 0.0535 e. The lowest BCUT2D eigenvalue weighted by molar-refractivity contribution is 1.10. The van der Waals surface area contributed by atoms with Gasteiger partial charge in [-0.3, -0.25) is 0 Å². The van der Waals surface area contributed by atoms with Crippen molar-refractivity contribution in [2.24, 2.45) is 0 Å². The number of nitrogens with zero attached hydrogens (tertiary/aromatic N) is 2. The maximum atomic E-state index is 2.45. The largest absolute Gasteiger partial charge is 0.309 e. The van der Waals surface area contributed by atoms with Crippen molar-refractivity contribution in [3.63, 3.8) is 0 Å². The second-order valence-corrected chi connectivity index (χ2v) is 17.5. The smallest absolute Gasteiger partial charge is 0.0535 e. The van der Waals surface area contributed by atoms with Crippen molar-refractivity contribution in [3.05, 3.63) is 254 Å². The molecule has 10 aromatic carbocycles. The highest BCUT2D eigenvalue weighted by molar-refractivity contribution is 6.22. The third-order valence-corrected chi connectivity index (χ3v) is 13.2. The minimum absolute atomic E-state index is 1.11. The fraction of sp³-hybridized carbons (Fsp3) is 0.0312. The first kappa shape index (κ1) is 39.2. The van der Waals surface area contributed by atoms with E-state index < -0.39 is 0 Å². The van der Waals surface area contributed by atoms with Crippen LogP contribution in [0.3, 0.4) is 0 Å². The highest BCUT2D eigenvalue weighted by atomic mass is 15.0. The summed E-state index contributed by atoms with van der Waals surface area (Å²) in [6, 6.07) is 89.2. The molecule has 0 amide bonds. The molecule has 0 spiro atoms. The van der Waals surface area contributed by atoms with E-state index in [0.717, 1.165) is 34.2 Å². The van der Waals surface area contributed by atoms with Gasteiger partial charge in [-0.2, -0.15) is 0 Å².